The van der Waals surface area contributed by atoms with Gasteiger partial charge in [-0.1, -0.05) is 12.1 Å². The molecule has 1 amide bonds. The lowest BCUT2D eigenvalue weighted by molar-refractivity contribution is -0.274. The largest absolute Gasteiger partial charge is 0.573 e. The molecule has 0 spiro atoms. The Bertz CT molecular complexity index is 1010. The third-order valence-corrected chi connectivity index (χ3v) is 4.74. The highest BCUT2D eigenvalue weighted by atomic mass is 32.1. The third-order valence-electron chi connectivity index (χ3n) is 3.71. The molecular formula is C18H14F3N3O2S. The molecule has 3 aromatic rings. The molecule has 0 atom stereocenters. The molecule has 9 heteroatoms. The number of aromatic nitrogens is 1. The zero-order valence-electron chi connectivity index (χ0n) is 14.0. The van der Waals surface area contributed by atoms with Gasteiger partial charge in [-0.25, -0.2) is 4.98 Å². The van der Waals surface area contributed by atoms with Crippen molar-refractivity contribution in [3.63, 3.8) is 0 Å². The first-order valence-electron chi connectivity index (χ1n) is 7.70. The Balaban J connectivity index is 2.01. The lowest BCUT2D eigenvalue weighted by Gasteiger charge is -2.09. The average molecular weight is 393 g/mol. The normalized spacial score (nSPS) is 11.9. The molecular weight excluding hydrogens is 379 g/mol. The molecule has 0 saturated heterocycles. The van der Waals surface area contributed by atoms with Crippen molar-refractivity contribution >= 4 is 39.2 Å². The number of rotatable bonds is 4. The maximum atomic E-state index is 12.3. The van der Waals surface area contributed by atoms with Gasteiger partial charge in [0.25, 0.3) is 0 Å². The van der Waals surface area contributed by atoms with Crippen molar-refractivity contribution in [1.29, 1.82) is 0 Å². The van der Waals surface area contributed by atoms with Crippen molar-refractivity contribution in [3.8, 4) is 16.9 Å². The number of nitrogen functional groups attached to an aromatic ring is 1. The lowest BCUT2D eigenvalue weighted by atomic mass is 10.0. The minimum absolute atomic E-state index is 0.253. The van der Waals surface area contributed by atoms with Crippen molar-refractivity contribution in [2.45, 2.75) is 6.36 Å². The summed E-state index contributed by atoms with van der Waals surface area (Å²) in [7, 11) is 1.53. The highest BCUT2D eigenvalue weighted by molar-refractivity contribution is 7.18. The van der Waals surface area contributed by atoms with Gasteiger partial charge < -0.3 is 15.8 Å². The Hall–Kier alpha value is -3.07. The number of likely N-dealkylation sites (N-methyl/N-ethyl adjacent to an activating group) is 1. The molecule has 3 N–H and O–H groups in total. The van der Waals surface area contributed by atoms with Gasteiger partial charge in [-0.15, -0.1) is 24.5 Å². The van der Waals surface area contributed by atoms with Gasteiger partial charge in [-0.3, -0.25) is 4.79 Å². The summed E-state index contributed by atoms with van der Waals surface area (Å²) >= 11 is 1.41. The van der Waals surface area contributed by atoms with E-state index in [0.717, 1.165) is 15.8 Å². The zero-order valence-corrected chi connectivity index (χ0v) is 14.8. The van der Waals surface area contributed by atoms with Gasteiger partial charge in [0.05, 0.1) is 0 Å². The van der Waals surface area contributed by atoms with Crippen LogP contribution >= 0.6 is 11.3 Å². The Morgan fingerprint density at radius 3 is 2.63 bits per heavy atom. The van der Waals surface area contributed by atoms with E-state index < -0.39 is 6.36 Å². The molecule has 0 saturated carbocycles. The van der Waals surface area contributed by atoms with Gasteiger partial charge in [0.15, 0.2) is 0 Å². The number of carbonyl (C=O) groups excluding carboxylic acids is 1. The first kappa shape index (κ1) is 18.7. The number of ether oxygens (including phenoxy) is 1. The average Bonchev–Trinajstić information content (AvgIpc) is 3.06. The van der Waals surface area contributed by atoms with E-state index in [1.54, 1.807) is 12.3 Å². The molecule has 27 heavy (non-hydrogen) atoms. The number of alkyl halides is 3. The molecule has 0 bridgehead atoms. The fraction of sp³-hybridized carbons (Fsp3) is 0.111. The van der Waals surface area contributed by atoms with Crippen LogP contribution in [0, 0.1) is 0 Å². The molecule has 140 valence electrons. The van der Waals surface area contributed by atoms with Crippen LogP contribution in [0.2, 0.25) is 0 Å². The Morgan fingerprint density at radius 2 is 2.00 bits per heavy atom. The highest BCUT2D eigenvalue weighted by Gasteiger charge is 2.31. The minimum Gasteiger partial charge on any atom is -0.406 e. The zero-order chi connectivity index (χ0) is 19.6. The molecule has 2 heterocycles. The molecule has 2 aromatic heterocycles. The summed E-state index contributed by atoms with van der Waals surface area (Å²) in [6.07, 6.45) is -0.155. The van der Waals surface area contributed by atoms with Gasteiger partial charge >= 0.3 is 6.36 Å². The summed E-state index contributed by atoms with van der Waals surface area (Å²) < 4.78 is 41.6. The first-order chi connectivity index (χ1) is 12.8. The van der Waals surface area contributed by atoms with E-state index in [0.29, 0.717) is 16.8 Å². The van der Waals surface area contributed by atoms with Crippen LogP contribution in [0.15, 0.2) is 41.9 Å². The van der Waals surface area contributed by atoms with Crippen LogP contribution in [0.5, 0.6) is 5.75 Å². The molecule has 5 nitrogen and oxygen atoms in total. The van der Waals surface area contributed by atoms with E-state index in [9.17, 15) is 18.0 Å². The highest BCUT2D eigenvalue weighted by Crippen LogP contribution is 2.39. The van der Waals surface area contributed by atoms with E-state index in [2.05, 4.69) is 15.0 Å². The number of pyridine rings is 1. The van der Waals surface area contributed by atoms with Crippen LogP contribution in [-0.2, 0) is 4.79 Å². The number of fused-ring (bicyclic) bond motifs is 1. The number of carbonyl (C=O) groups is 1. The van der Waals surface area contributed by atoms with Gasteiger partial charge in [-0.05, 0) is 29.2 Å². The first-order valence-corrected chi connectivity index (χ1v) is 8.58. The maximum Gasteiger partial charge on any atom is 0.573 e. The van der Waals surface area contributed by atoms with E-state index in [1.165, 1.54) is 48.7 Å². The van der Waals surface area contributed by atoms with E-state index in [4.69, 9.17) is 5.73 Å². The number of amides is 1. The number of thiophene rings is 1. The maximum absolute atomic E-state index is 12.3. The molecule has 0 aliphatic carbocycles. The summed E-state index contributed by atoms with van der Waals surface area (Å²) in [5.41, 5.74) is 8.16. The Morgan fingerprint density at radius 1 is 1.30 bits per heavy atom. The van der Waals surface area contributed by atoms with Gasteiger partial charge in [0.2, 0.25) is 5.91 Å². The SMILES string of the molecule is CNC(=O)C=Cc1cnc(N)c2c(-c3ccc(OC(F)(F)F)cc3)csc12. The number of anilines is 1. The van der Waals surface area contributed by atoms with Gasteiger partial charge in [0, 0.05) is 40.5 Å². The lowest BCUT2D eigenvalue weighted by Crippen LogP contribution is -2.16. The number of halogens is 3. The number of nitrogens with one attached hydrogen (secondary N) is 1. The quantitative estimate of drug-likeness (QED) is 0.651. The van der Waals surface area contributed by atoms with Crippen LogP contribution in [0.4, 0.5) is 19.0 Å². The van der Waals surface area contributed by atoms with Crippen LogP contribution in [0.25, 0.3) is 27.3 Å². The number of hydrogen-bond acceptors (Lipinski definition) is 5. The van der Waals surface area contributed by atoms with Crippen molar-refractivity contribution in [1.82, 2.24) is 10.3 Å². The van der Waals surface area contributed by atoms with Crippen molar-refractivity contribution < 1.29 is 22.7 Å². The van der Waals surface area contributed by atoms with Crippen molar-refractivity contribution in [2.24, 2.45) is 0 Å². The molecule has 0 fully saturated rings. The second-order valence-electron chi connectivity index (χ2n) is 5.47. The van der Waals surface area contributed by atoms with Crippen molar-refractivity contribution in [2.75, 3.05) is 12.8 Å². The summed E-state index contributed by atoms with van der Waals surface area (Å²) in [4.78, 5) is 15.6. The predicted octanol–water partition coefficient (Wildman–Crippen LogP) is 4.20. The van der Waals surface area contributed by atoms with Gasteiger partial charge in [0.1, 0.15) is 11.6 Å². The van der Waals surface area contributed by atoms with E-state index in [1.807, 2.05) is 5.38 Å². The molecule has 0 unspecified atom stereocenters. The predicted molar refractivity (Wildman–Crippen MR) is 99.3 cm³/mol. The Kier molecular flexibility index (Phi) is 5.04. The number of benzene rings is 1. The van der Waals surface area contributed by atoms with Crippen molar-refractivity contribution in [3.05, 3.63) is 47.5 Å². The third kappa shape index (κ3) is 4.20. The summed E-state index contributed by atoms with van der Waals surface area (Å²) in [6, 6.07) is 5.53. The fourth-order valence-corrected chi connectivity index (χ4v) is 3.58. The molecule has 3 rings (SSSR count). The second-order valence-corrected chi connectivity index (χ2v) is 6.35. The summed E-state index contributed by atoms with van der Waals surface area (Å²) in [5, 5.41) is 5.02. The van der Waals surface area contributed by atoms with Crippen LogP contribution in [0.1, 0.15) is 5.56 Å². The molecule has 0 aliphatic rings. The summed E-state index contributed by atoms with van der Waals surface area (Å²) in [5.74, 6) is -0.253. The fourth-order valence-electron chi connectivity index (χ4n) is 2.50. The smallest absolute Gasteiger partial charge is 0.406 e. The van der Waals surface area contributed by atoms with E-state index >= 15 is 0 Å². The number of nitrogens with two attached hydrogens (primary N) is 1. The standard InChI is InChI=1S/C18H14F3N3O2S/c1-23-14(25)7-4-11-8-24-17(22)15-13(9-27-16(11)15)10-2-5-12(6-3-10)26-18(19,20)21/h2-9H,1H3,(H2,22,24)(H,23,25). The molecule has 0 radical (unpaired) electrons. The van der Waals surface area contributed by atoms with Gasteiger partial charge in [-0.2, -0.15) is 0 Å². The van der Waals surface area contributed by atoms with Crippen LogP contribution in [-0.4, -0.2) is 24.3 Å². The molecule has 0 aliphatic heterocycles. The minimum atomic E-state index is -4.74. The Labute approximate surface area is 156 Å². The van der Waals surface area contributed by atoms with Crippen LogP contribution in [0.3, 0.4) is 0 Å². The number of nitrogens with zero attached hydrogens (tertiary/aromatic N) is 1. The second kappa shape index (κ2) is 7.28. The summed E-state index contributed by atoms with van der Waals surface area (Å²) in [6.45, 7) is 0. The van der Waals surface area contributed by atoms with Crippen LogP contribution < -0.4 is 15.8 Å². The molecule has 1 aromatic carbocycles. The number of hydrogen-bond donors (Lipinski definition) is 2. The monoisotopic (exact) mass is 393 g/mol. The van der Waals surface area contributed by atoms with E-state index in [-0.39, 0.29) is 11.7 Å². The topological polar surface area (TPSA) is 77.2 Å².